The van der Waals surface area contributed by atoms with Crippen molar-refractivity contribution in [3.8, 4) is 0 Å². The lowest BCUT2D eigenvalue weighted by molar-refractivity contribution is -0.0307. The first-order chi connectivity index (χ1) is 12.2. The van der Waals surface area contributed by atoms with Crippen molar-refractivity contribution < 1.29 is 5.11 Å². The summed E-state index contributed by atoms with van der Waals surface area (Å²) in [7, 11) is 0. The Kier molecular flexibility index (Phi) is 3.92. The second kappa shape index (κ2) is 5.81. The van der Waals surface area contributed by atoms with Gasteiger partial charge < -0.3 is 5.11 Å². The van der Waals surface area contributed by atoms with E-state index in [0.717, 1.165) is 35.1 Å². The highest BCUT2D eigenvalue weighted by Crippen LogP contribution is 2.60. The van der Waals surface area contributed by atoms with Crippen molar-refractivity contribution in [2.45, 2.75) is 66.7 Å². The Bertz CT molecular complexity index is 826. The van der Waals surface area contributed by atoms with Gasteiger partial charge in [-0.1, -0.05) is 19.9 Å². The third-order valence-electron chi connectivity index (χ3n) is 6.73. The van der Waals surface area contributed by atoms with Gasteiger partial charge in [-0.2, -0.15) is 10.2 Å². The molecule has 5 nitrogen and oxygen atoms in total. The zero-order chi connectivity index (χ0) is 18.8. The Morgan fingerprint density at radius 3 is 1.96 bits per heavy atom. The van der Waals surface area contributed by atoms with Crippen LogP contribution >= 0.6 is 0 Å². The van der Waals surface area contributed by atoms with Crippen molar-refractivity contribution in [3.05, 3.63) is 46.6 Å². The molecule has 1 fully saturated rings. The number of aromatic nitrogens is 4. The normalized spacial score (nSPS) is 25.2. The fourth-order valence-electron chi connectivity index (χ4n) is 5.10. The summed E-state index contributed by atoms with van der Waals surface area (Å²) in [6.45, 7) is 12.8. The topological polar surface area (TPSA) is 55.9 Å². The molecule has 0 aromatic carbocycles. The monoisotopic (exact) mass is 354 g/mol. The highest BCUT2D eigenvalue weighted by molar-refractivity contribution is 5.28. The molecule has 3 aliphatic carbocycles. The molecule has 5 rings (SSSR count). The van der Waals surface area contributed by atoms with Crippen LogP contribution in [0.15, 0.2) is 23.8 Å². The Labute approximate surface area is 155 Å². The smallest absolute Gasteiger partial charge is 0.173 e. The van der Waals surface area contributed by atoms with Crippen LogP contribution in [0, 0.1) is 44.9 Å². The predicted molar refractivity (Wildman–Crippen MR) is 102 cm³/mol. The van der Waals surface area contributed by atoms with Crippen LogP contribution in [-0.2, 0) is 0 Å². The van der Waals surface area contributed by atoms with Gasteiger partial charge in [0.05, 0.1) is 11.4 Å². The first-order valence-corrected chi connectivity index (χ1v) is 9.63. The molecule has 2 heterocycles. The van der Waals surface area contributed by atoms with Crippen LogP contribution in [0.3, 0.4) is 0 Å². The number of allylic oxidation sites excluding steroid dienone is 1. The summed E-state index contributed by atoms with van der Waals surface area (Å²) >= 11 is 0. The van der Waals surface area contributed by atoms with E-state index in [1.54, 1.807) is 0 Å². The summed E-state index contributed by atoms with van der Waals surface area (Å²) in [6.07, 6.45) is 3.56. The molecule has 5 heteroatoms. The Morgan fingerprint density at radius 1 is 1.04 bits per heavy atom. The van der Waals surface area contributed by atoms with Crippen LogP contribution in [0.1, 0.15) is 55.6 Å². The maximum Gasteiger partial charge on any atom is 0.173 e. The second-order valence-corrected chi connectivity index (χ2v) is 8.85. The van der Waals surface area contributed by atoms with E-state index in [2.05, 4.69) is 32.1 Å². The number of hydrogen-bond acceptors (Lipinski definition) is 3. The largest absolute Gasteiger partial charge is 0.384 e. The predicted octanol–water partition coefficient (Wildman–Crippen LogP) is 3.71. The quantitative estimate of drug-likeness (QED) is 0.852. The molecular weight excluding hydrogens is 324 g/mol. The van der Waals surface area contributed by atoms with E-state index >= 15 is 0 Å². The molecule has 140 valence electrons. The lowest BCUT2D eigenvalue weighted by Crippen LogP contribution is -2.51. The van der Waals surface area contributed by atoms with E-state index in [4.69, 9.17) is 10.2 Å². The van der Waals surface area contributed by atoms with E-state index in [1.807, 2.05) is 37.1 Å². The number of rotatable bonds is 4. The van der Waals surface area contributed by atoms with Gasteiger partial charge in [-0.15, -0.1) is 0 Å². The molecule has 3 aliphatic rings. The SMILES string of the molecule is Cc1cc(C)n(C([C@H](O)C2=CC[C@H]3C[C@@H]2C3(C)C)n2nc(C)cc2C)n1. The minimum atomic E-state index is -0.628. The van der Waals surface area contributed by atoms with Gasteiger partial charge in [0, 0.05) is 11.4 Å². The van der Waals surface area contributed by atoms with Gasteiger partial charge in [-0.05, 0) is 75.5 Å². The molecule has 0 radical (unpaired) electrons. The summed E-state index contributed by atoms with van der Waals surface area (Å²) in [5.41, 5.74) is 5.45. The highest BCUT2D eigenvalue weighted by atomic mass is 16.3. The minimum absolute atomic E-state index is 0.278. The van der Waals surface area contributed by atoms with Crippen molar-refractivity contribution >= 4 is 0 Å². The molecule has 3 atom stereocenters. The molecule has 0 amide bonds. The average Bonchev–Trinajstić information content (AvgIpc) is 3.08. The molecule has 1 N–H and O–H groups in total. The van der Waals surface area contributed by atoms with Crippen LogP contribution in [-0.4, -0.2) is 30.8 Å². The van der Waals surface area contributed by atoms with Crippen molar-refractivity contribution in [1.82, 2.24) is 19.6 Å². The van der Waals surface area contributed by atoms with Crippen LogP contribution in [0.2, 0.25) is 0 Å². The minimum Gasteiger partial charge on any atom is -0.384 e. The van der Waals surface area contributed by atoms with E-state index < -0.39 is 6.10 Å². The van der Waals surface area contributed by atoms with E-state index in [0.29, 0.717) is 5.92 Å². The maximum absolute atomic E-state index is 11.5. The van der Waals surface area contributed by atoms with Crippen LogP contribution in [0.4, 0.5) is 0 Å². The number of aryl methyl sites for hydroxylation is 4. The first-order valence-electron chi connectivity index (χ1n) is 9.63. The van der Waals surface area contributed by atoms with Gasteiger partial charge >= 0.3 is 0 Å². The standard InChI is InChI=1S/C21H30N4O/c1-12-9-14(3)24(22-12)20(25-15(4)10-13(2)23-25)19(26)17-8-7-16-11-18(17)21(16,5)6/h8-10,16,18-20,26H,7,11H2,1-6H3/t16-,18-,19+/m0/s1. The van der Waals surface area contributed by atoms with E-state index in [9.17, 15) is 5.11 Å². The van der Waals surface area contributed by atoms with Crippen molar-refractivity contribution in [3.63, 3.8) is 0 Å². The fourth-order valence-corrected chi connectivity index (χ4v) is 5.10. The summed E-state index contributed by atoms with van der Waals surface area (Å²) < 4.78 is 3.88. The summed E-state index contributed by atoms with van der Waals surface area (Å²) in [4.78, 5) is 0. The number of nitrogens with zero attached hydrogens (tertiary/aromatic N) is 4. The van der Waals surface area contributed by atoms with Crippen molar-refractivity contribution in [1.29, 1.82) is 0 Å². The molecule has 2 aromatic rings. The Balaban J connectivity index is 1.80. The second-order valence-electron chi connectivity index (χ2n) is 8.85. The molecule has 2 aromatic heterocycles. The van der Waals surface area contributed by atoms with Gasteiger partial charge in [0.1, 0.15) is 6.10 Å². The van der Waals surface area contributed by atoms with Crippen LogP contribution in [0.25, 0.3) is 0 Å². The summed E-state index contributed by atoms with van der Waals surface area (Å²) in [5, 5.41) is 20.9. The average molecular weight is 354 g/mol. The molecule has 0 saturated heterocycles. The molecule has 2 bridgehead atoms. The molecule has 0 spiro atoms. The summed E-state index contributed by atoms with van der Waals surface area (Å²) in [5.74, 6) is 1.21. The zero-order valence-corrected chi connectivity index (χ0v) is 16.7. The van der Waals surface area contributed by atoms with Crippen molar-refractivity contribution in [2.75, 3.05) is 0 Å². The molecular formula is C21H30N4O. The van der Waals surface area contributed by atoms with Gasteiger partial charge in [0.15, 0.2) is 6.17 Å². The summed E-state index contributed by atoms with van der Waals surface area (Å²) in [6, 6.07) is 4.12. The molecule has 0 aliphatic heterocycles. The number of aliphatic hydroxyl groups is 1. The zero-order valence-electron chi connectivity index (χ0n) is 16.7. The number of fused-ring (bicyclic) bond motifs is 1. The fraction of sp³-hybridized carbons (Fsp3) is 0.619. The van der Waals surface area contributed by atoms with Gasteiger partial charge in [0.2, 0.25) is 0 Å². The van der Waals surface area contributed by atoms with Gasteiger partial charge in [-0.3, -0.25) is 0 Å². The van der Waals surface area contributed by atoms with Crippen LogP contribution < -0.4 is 0 Å². The van der Waals surface area contributed by atoms with Crippen molar-refractivity contribution in [2.24, 2.45) is 17.3 Å². The van der Waals surface area contributed by atoms with E-state index in [1.165, 1.54) is 12.0 Å². The molecule has 26 heavy (non-hydrogen) atoms. The maximum atomic E-state index is 11.5. The van der Waals surface area contributed by atoms with Crippen LogP contribution in [0.5, 0.6) is 0 Å². The Hall–Kier alpha value is -1.88. The third-order valence-corrected chi connectivity index (χ3v) is 6.73. The lowest BCUT2D eigenvalue weighted by Gasteiger charge is -2.57. The lowest BCUT2D eigenvalue weighted by atomic mass is 9.48. The van der Waals surface area contributed by atoms with Gasteiger partial charge in [0.25, 0.3) is 0 Å². The molecule has 0 unspecified atom stereocenters. The first kappa shape index (κ1) is 17.5. The van der Waals surface area contributed by atoms with Gasteiger partial charge in [-0.25, -0.2) is 9.36 Å². The van der Waals surface area contributed by atoms with E-state index in [-0.39, 0.29) is 11.6 Å². The Morgan fingerprint density at radius 2 is 1.58 bits per heavy atom. The number of aliphatic hydroxyl groups excluding tert-OH is 1. The molecule has 1 saturated carbocycles. The number of hydrogen-bond donors (Lipinski definition) is 1. The highest BCUT2D eigenvalue weighted by Gasteiger charge is 2.53. The third kappa shape index (κ3) is 2.48.